The first-order valence-corrected chi connectivity index (χ1v) is 9.91. The lowest BCUT2D eigenvalue weighted by atomic mass is 9.95. The van der Waals surface area contributed by atoms with Crippen LogP contribution in [0.4, 0.5) is 0 Å². The van der Waals surface area contributed by atoms with Gasteiger partial charge in [-0.2, -0.15) is 0 Å². The molecule has 6 heteroatoms. The minimum atomic E-state index is 0.116. The van der Waals surface area contributed by atoms with Crippen LogP contribution in [0.3, 0.4) is 0 Å². The van der Waals surface area contributed by atoms with Gasteiger partial charge < -0.3 is 15.1 Å². The Morgan fingerprint density at radius 1 is 1.04 bits per heavy atom. The summed E-state index contributed by atoms with van der Waals surface area (Å²) in [7, 11) is 1.89. The van der Waals surface area contributed by atoms with E-state index in [-0.39, 0.29) is 23.8 Å². The fourth-order valence-corrected chi connectivity index (χ4v) is 3.75. The van der Waals surface area contributed by atoms with Crippen LogP contribution in [-0.2, 0) is 9.59 Å². The molecule has 2 saturated heterocycles. The fraction of sp³-hybridized carbons (Fsp3) is 0.895. The standard InChI is InChI=1S/C19H36N4O2/c1-5-22-12-8-17(9-13-22)20-18(24)14-23-10-6-16(7-11-23)19(25)21(4)15(2)3/h15-17H,5-14H2,1-4H3,(H,20,24). The maximum absolute atomic E-state index is 12.4. The maximum atomic E-state index is 12.4. The third-order valence-corrected chi connectivity index (χ3v) is 5.83. The van der Waals surface area contributed by atoms with Crippen molar-refractivity contribution in [2.24, 2.45) is 5.92 Å². The van der Waals surface area contributed by atoms with Crippen LogP contribution in [0, 0.1) is 5.92 Å². The molecule has 0 spiro atoms. The summed E-state index contributed by atoms with van der Waals surface area (Å²) in [6.45, 7) is 11.7. The van der Waals surface area contributed by atoms with Crippen molar-refractivity contribution in [3.05, 3.63) is 0 Å². The van der Waals surface area contributed by atoms with Gasteiger partial charge in [-0.3, -0.25) is 14.5 Å². The van der Waals surface area contributed by atoms with E-state index in [0.717, 1.165) is 58.4 Å². The quantitative estimate of drug-likeness (QED) is 0.780. The lowest BCUT2D eigenvalue weighted by Crippen LogP contribution is -2.49. The minimum Gasteiger partial charge on any atom is -0.352 e. The van der Waals surface area contributed by atoms with Crippen molar-refractivity contribution in [3.8, 4) is 0 Å². The number of hydrogen-bond donors (Lipinski definition) is 1. The Bertz CT molecular complexity index is 439. The summed E-state index contributed by atoms with van der Waals surface area (Å²) in [6, 6.07) is 0.574. The van der Waals surface area contributed by atoms with Crippen molar-refractivity contribution in [2.75, 3.05) is 46.3 Å². The molecule has 25 heavy (non-hydrogen) atoms. The molecule has 0 atom stereocenters. The van der Waals surface area contributed by atoms with E-state index in [9.17, 15) is 9.59 Å². The van der Waals surface area contributed by atoms with Crippen molar-refractivity contribution >= 4 is 11.8 Å². The van der Waals surface area contributed by atoms with Crippen LogP contribution in [0.5, 0.6) is 0 Å². The van der Waals surface area contributed by atoms with Gasteiger partial charge in [0.2, 0.25) is 11.8 Å². The smallest absolute Gasteiger partial charge is 0.234 e. The summed E-state index contributed by atoms with van der Waals surface area (Å²) >= 11 is 0. The van der Waals surface area contributed by atoms with Gasteiger partial charge in [0.15, 0.2) is 0 Å². The Morgan fingerprint density at radius 2 is 1.60 bits per heavy atom. The summed E-state index contributed by atoms with van der Waals surface area (Å²) < 4.78 is 0. The Kier molecular flexibility index (Phi) is 7.69. The highest BCUT2D eigenvalue weighted by molar-refractivity contribution is 5.79. The van der Waals surface area contributed by atoms with Gasteiger partial charge in [0.25, 0.3) is 0 Å². The molecule has 1 N–H and O–H groups in total. The van der Waals surface area contributed by atoms with E-state index in [1.54, 1.807) is 0 Å². The third-order valence-electron chi connectivity index (χ3n) is 5.83. The third kappa shape index (κ3) is 5.96. The minimum absolute atomic E-state index is 0.116. The summed E-state index contributed by atoms with van der Waals surface area (Å²) in [5.41, 5.74) is 0. The fourth-order valence-electron chi connectivity index (χ4n) is 3.75. The predicted molar refractivity (Wildman–Crippen MR) is 100 cm³/mol. The molecule has 2 heterocycles. The number of piperidine rings is 2. The monoisotopic (exact) mass is 352 g/mol. The second-order valence-corrected chi connectivity index (χ2v) is 7.87. The molecule has 0 bridgehead atoms. The lowest BCUT2D eigenvalue weighted by Gasteiger charge is -2.35. The molecule has 0 unspecified atom stereocenters. The second-order valence-electron chi connectivity index (χ2n) is 7.87. The average molecular weight is 353 g/mol. The van der Waals surface area contributed by atoms with Gasteiger partial charge in [-0.15, -0.1) is 0 Å². The molecule has 0 saturated carbocycles. The first-order chi connectivity index (χ1) is 11.9. The van der Waals surface area contributed by atoms with Crippen molar-refractivity contribution < 1.29 is 9.59 Å². The Morgan fingerprint density at radius 3 is 2.12 bits per heavy atom. The van der Waals surface area contributed by atoms with Crippen LogP contribution < -0.4 is 5.32 Å². The number of nitrogens with zero attached hydrogens (tertiary/aromatic N) is 3. The topological polar surface area (TPSA) is 55.9 Å². The predicted octanol–water partition coefficient (Wildman–Crippen LogP) is 1.17. The number of likely N-dealkylation sites (tertiary alicyclic amines) is 2. The molecule has 2 fully saturated rings. The number of carbonyl (C=O) groups excluding carboxylic acids is 2. The molecule has 144 valence electrons. The first kappa shape index (κ1) is 20.2. The molecule has 0 aromatic carbocycles. The van der Waals surface area contributed by atoms with Gasteiger partial charge in [0.1, 0.15) is 0 Å². The van der Waals surface area contributed by atoms with Crippen LogP contribution in [0.25, 0.3) is 0 Å². The molecular weight excluding hydrogens is 316 g/mol. The van der Waals surface area contributed by atoms with Crippen molar-refractivity contribution in [1.82, 2.24) is 20.0 Å². The SMILES string of the molecule is CCN1CCC(NC(=O)CN2CCC(C(=O)N(C)C(C)C)CC2)CC1. The zero-order valence-electron chi connectivity index (χ0n) is 16.5. The van der Waals surface area contributed by atoms with Gasteiger partial charge >= 0.3 is 0 Å². The van der Waals surface area contributed by atoms with Crippen LogP contribution in [0.15, 0.2) is 0 Å². The average Bonchev–Trinajstić information content (AvgIpc) is 2.61. The van der Waals surface area contributed by atoms with Crippen molar-refractivity contribution in [2.45, 2.75) is 58.5 Å². The highest BCUT2D eigenvalue weighted by Crippen LogP contribution is 2.20. The molecule has 0 radical (unpaired) electrons. The number of amides is 2. The normalized spacial score (nSPS) is 21.5. The maximum Gasteiger partial charge on any atom is 0.234 e. The van der Waals surface area contributed by atoms with E-state index >= 15 is 0 Å². The van der Waals surface area contributed by atoms with Crippen LogP contribution in [0.1, 0.15) is 46.5 Å². The van der Waals surface area contributed by atoms with Crippen LogP contribution >= 0.6 is 0 Å². The zero-order valence-corrected chi connectivity index (χ0v) is 16.5. The zero-order chi connectivity index (χ0) is 18.4. The molecule has 2 amide bonds. The Balaban J connectivity index is 1.68. The van der Waals surface area contributed by atoms with Crippen LogP contribution in [-0.4, -0.2) is 84.9 Å². The molecule has 0 aromatic rings. The van der Waals surface area contributed by atoms with Gasteiger partial charge in [-0.05, 0) is 59.2 Å². The van der Waals surface area contributed by atoms with Crippen molar-refractivity contribution in [3.63, 3.8) is 0 Å². The first-order valence-electron chi connectivity index (χ1n) is 9.91. The van der Waals surface area contributed by atoms with E-state index in [4.69, 9.17) is 0 Å². The second kappa shape index (κ2) is 9.53. The highest BCUT2D eigenvalue weighted by Gasteiger charge is 2.29. The Hall–Kier alpha value is -1.14. The van der Waals surface area contributed by atoms with Gasteiger partial charge in [0, 0.05) is 38.1 Å². The van der Waals surface area contributed by atoms with Gasteiger partial charge in [0.05, 0.1) is 6.54 Å². The largest absolute Gasteiger partial charge is 0.352 e. The molecule has 2 rings (SSSR count). The number of carbonyl (C=O) groups is 2. The summed E-state index contributed by atoms with van der Waals surface area (Å²) in [5.74, 6) is 0.505. The molecule has 2 aliphatic rings. The number of rotatable bonds is 6. The van der Waals surface area contributed by atoms with E-state index in [1.807, 2.05) is 25.8 Å². The molecule has 6 nitrogen and oxygen atoms in total. The van der Waals surface area contributed by atoms with E-state index in [0.29, 0.717) is 12.6 Å². The molecule has 0 aromatic heterocycles. The van der Waals surface area contributed by atoms with E-state index < -0.39 is 0 Å². The Labute approximate surface area is 152 Å². The van der Waals surface area contributed by atoms with Gasteiger partial charge in [-0.1, -0.05) is 6.92 Å². The molecular formula is C19H36N4O2. The van der Waals surface area contributed by atoms with E-state index in [1.165, 1.54) is 0 Å². The summed E-state index contributed by atoms with van der Waals surface area (Å²) in [5, 5.41) is 3.20. The lowest BCUT2D eigenvalue weighted by molar-refractivity contribution is -0.137. The van der Waals surface area contributed by atoms with Gasteiger partial charge in [-0.25, -0.2) is 0 Å². The summed E-state index contributed by atoms with van der Waals surface area (Å²) in [6.07, 6.45) is 3.82. The van der Waals surface area contributed by atoms with Crippen molar-refractivity contribution in [1.29, 1.82) is 0 Å². The number of hydrogen-bond acceptors (Lipinski definition) is 4. The molecule has 0 aliphatic carbocycles. The summed E-state index contributed by atoms with van der Waals surface area (Å²) in [4.78, 5) is 31.2. The van der Waals surface area contributed by atoms with E-state index in [2.05, 4.69) is 22.0 Å². The molecule has 2 aliphatic heterocycles. The number of nitrogens with one attached hydrogen (secondary N) is 1. The van der Waals surface area contributed by atoms with Crippen LogP contribution in [0.2, 0.25) is 0 Å². The highest BCUT2D eigenvalue weighted by atomic mass is 16.2.